The average molecular weight is 355 g/mol. The monoisotopic (exact) mass is 354 g/mol. The summed E-state index contributed by atoms with van der Waals surface area (Å²) >= 11 is 11.3. The molecule has 118 valence electrons. The number of aromatic amines is 2. The van der Waals surface area contributed by atoms with Crippen LogP contribution in [0.25, 0.3) is 16.6 Å². The molecule has 0 fully saturated rings. The van der Waals surface area contributed by atoms with Crippen LogP contribution in [0.4, 0.5) is 0 Å². The minimum atomic E-state index is -0.222. The van der Waals surface area contributed by atoms with Gasteiger partial charge in [-0.2, -0.15) is 5.10 Å². The Hall–Kier alpha value is -2.70. The zero-order valence-corrected chi connectivity index (χ0v) is 13.9. The molecule has 7 heteroatoms. The third-order valence-corrected chi connectivity index (χ3v) is 4.28. The van der Waals surface area contributed by atoms with E-state index in [1.165, 1.54) is 0 Å². The van der Waals surface area contributed by atoms with Gasteiger partial charge in [-0.3, -0.25) is 14.5 Å². The van der Waals surface area contributed by atoms with Crippen molar-refractivity contribution in [2.45, 2.75) is 0 Å². The smallest absolute Gasteiger partial charge is 0.232 e. The van der Waals surface area contributed by atoms with E-state index in [4.69, 9.17) is 23.8 Å². The van der Waals surface area contributed by atoms with E-state index in [1.54, 1.807) is 29.0 Å². The molecule has 2 N–H and O–H groups in total. The summed E-state index contributed by atoms with van der Waals surface area (Å²) in [6, 6.07) is 14.7. The molecule has 0 amide bonds. The second kappa shape index (κ2) is 5.74. The van der Waals surface area contributed by atoms with Gasteiger partial charge < -0.3 is 4.98 Å². The van der Waals surface area contributed by atoms with Gasteiger partial charge in [-0.05, 0) is 36.5 Å². The second-order valence-corrected chi connectivity index (χ2v) is 6.07. The van der Waals surface area contributed by atoms with E-state index in [2.05, 4.69) is 15.2 Å². The van der Waals surface area contributed by atoms with Gasteiger partial charge in [-0.25, -0.2) is 0 Å². The van der Waals surface area contributed by atoms with Crippen LogP contribution in [0.1, 0.15) is 16.2 Å². The van der Waals surface area contributed by atoms with E-state index in [1.807, 2.05) is 30.3 Å². The third kappa shape index (κ3) is 2.36. The van der Waals surface area contributed by atoms with Crippen molar-refractivity contribution in [3.8, 4) is 5.69 Å². The topological polar surface area (TPSA) is 66.5 Å². The molecule has 0 bridgehead atoms. The number of halogens is 1. The quantitative estimate of drug-likeness (QED) is 0.426. The summed E-state index contributed by atoms with van der Waals surface area (Å²) in [7, 11) is 0. The number of rotatable bonds is 3. The van der Waals surface area contributed by atoms with Crippen LogP contribution in [0.3, 0.4) is 0 Å². The molecule has 4 aromatic rings. The van der Waals surface area contributed by atoms with Crippen molar-refractivity contribution in [3.05, 3.63) is 75.9 Å². The zero-order chi connectivity index (χ0) is 16.7. The fraction of sp³-hybridized carbons (Fsp3) is 0. The van der Waals surface area contributed by atoms with Crippen LogP contribution in [0, 0.1) is 4.77 Å². The highest BCUT2D eigenvalue weighted by molar-refractivity contribution is 7.71. The van der Waals surface area contributed by atoms with Gasteiger partial charge in [-0.1, -0.05) is 35.9 Å². The normalized spacial score (nSPS) is 11.0. The fourth-order valence-electron chi connectivity index (χ4n) is 2.68. The number of para-hydroxylation sites is 1. The Morgan fingerprint density at radius 3 is 2.83 bits per heavy atom. The molecule has 0 aliphatic carbocycles. The molecule has 24 heavy (non-hydrogen) atoms. The van der Waals surface area contributed by atoms with Crippen molar-refractivity contribution in [1.29, 1.82) is 0 Å². The van der Waals surface area contributed by atoms with Crippen molar-refractivity contribution < 1.29 is 4.79 Å². The minimum absolute atomic E-state index is 0.215. The Balaban J connectivity index is 1.89. The molecule has 0 saturated carbocycles. The van der Waals surface area contributed by atoms with Crippen molar-refractivity contribution in [2.75, 3.05) is 0 Å². The van der Waals surface area contributed by atoms with Gasteiger partial charge in [0.2, 0.25) is 11.6 Å². The fourth-order valence-corrected chi connectivity index (χ4v) is 3.11. The first-order valence-electron chi connectivity index (χ1n) is 7.19. The highest BCUT2D eigenvalue weighted by Crippen LogP contribution is 2.22. The molecule has 4 rings (SSSR count). The summed E-state index contributed by atoms with van der Waals surface area (Å²) in [6.07, 6.45) is 1.69. The zero-order valence-electron chi connectivity index (χ0n) is 12.3. The first kappa shape index (κ1) is 14.9. The summed E-state index contributed by atoms with van der Waals surface area (Å²) in [5.41, 5.74) is 2.12. The van der Waals surface area contributed by atoms with Gasteiger partial charge in [0.1, 0.15) is 0 Å². The summed E-state index contributed by atoms with van der Waals surface area (Å²) in [4.78, 5) is 16.1. The molecular weight excluding hydrogens is 344 g/mol. The van der Waals surface area contributed by atoms with Gasteiger partial charge in [0.15, 0.2) is 4.77 Å². The number of carbonyl (C=O) groups is 1. The van der Waals surface area contributed by atoms with E-state index < -0.39 is 0 Å². The number of H-pyrrole nitrogens is 2. The summed E-state index contributed by atoms with van der Waals surface area (Å²) in [5.74, 6) is -0.00760. The molecule has 2 aromatic carbocycles. The van der Waals surface area contributed by atoms with Gasteiger partial charge in [0, 0.05) is 22.1 Å². The predicted molar refractivity (Wildman–Crippen MR) is 95.5 cm³/mol. The maximum atomic E-state index is 13.0. The largest absolute Gasteiger partial charge is 0.360 e. The number of nitrogens with zero attached hydrogens (tertiary/aromatic N) is 2. The lowest BCUT2D eigenvalue weighted by Gasteiger charge is -2.06. The first-order valence-corrected chi connectivity index (χ1v) is 7.98. The second-order valence-electron chi connectivity index (χ2n) is 5.24. The van der Waals surface area contributed by atoms with E-state index in [0.29, 0.717) is 21.0 Å². The average Bonchev–Trinajstić information content (AvgIpc) is 3.18. The van der Waals surface area contributed by atoms with E-state index >= 15 is 0 Å². The Morgan fingerprint density at radius 1 is 1.17 bits per heavy atom. The Labute approximate surface area is 146 Å². The van der Waals surface area contributed by atoms with Crippen LogP contribution >= 0.6 is 23.8 Å². The number of benzene rings is 2. The molecule has 0 saturated heterocycles. The summed E-state index contributed by atoms with van der Waals surface area (Å²) in [5, 5.41) is 8.21. The molecule has 5 nitrogen and oxygen atoms in total. The van der Waals surface area contributed by atoms with Crippen molar-refractivity contribution in [1.82, 2.24) is 19.7 Å². The Kier molecular flexibility index (Phi) is 3.55. The van der Waals surface area contributed by atoms with Crippen LogP contribution < -0.4 is 0 Å². The standard InChI is InChI=1S/C17H11ClN4OS/c18-10-4-3-5-11(8-10)22-16(20-21-17(22)24)15(23)13-9-19-14-7-2-1-6-12(13)14/h1-9,19H,(H,21,24). The van der Waals surface area contributed by atoms with Crippen molar-refractivity contribution >= 4 is 40.5 Å². The lowest BCUT2D eigenvalue weighted by Crippen LogP contribution is -2.10. The number of aromatic nitrogens is 4. The molecule has 0 spiro atoms. The summed E-state index contributed by atoms with van der Waals surface area (Å²) in [6.45, 7) is 0. The number of hydrogen-bond acceptors (Lipinski definition) is 3. The summed E-state index contributed by atoms with van der Waals surface area (Å²) < 4.78 is 1.92. The molecule has 0 atom stereocenters. The molecule has 0 unspecified atom stereocenters. The van der Waals surface area contributed by atoms with Crippen LogP contribution in [0.2, 0.25) is 5.02 Å². The van der Waals surface area contributed by atoms with Crippen molar-refractivity contribution in [3.63, 3.8) is 0 Å². The molecule has 0 radical (unpaired) electrons. The minimum Gasteiger partial charge on any atom is -0.360 e. The van der Waals surface area contributed by atoms with Crippen LogP contribution in [0.15, 0.2) is 54.7 Å². The van der Waals surface area contributed by atoms with E-state index in [0.717, 1.165) is 10.9 Å². The molecule has 0 aliphatic heterocycles. The van der Waals surface area contributed by atoms with Gasteiger partial charge in [0.05, 0.1) is 11.3 Å². The Bertz CT molecular complexity index is 1120. The number of ketones is 1. The highest BCUT2D eigenvalue weighted by atomic mass is 35.5. The molecule has 0 aliphatic rings. The third-order valence-electron chi connectivity index (χ3n) is 3.78. The number of nitrogens with one attached hydrogen (secondary N) is 2. The number of hydrogen-bond donors (Lipinski definition) is 2. The Morgan fingerprint density at radius 2 is 2.00 bits per heavy atom. The highest BCUT2D eigenvalue weighted by Gasteiger charge is 2.21. The van der Waals surface area contributed by atoms with Crippen LogP contribution in [0.5, 0.6) is 0 Å². The van der Waals surface area contributed by atoms with E-state index in [9.17, 15) is 4.79 Å². The SMILES string of the molecule is O=C(c1c[nH]c2ccccc12)c1n[nH]c(=S)n1-c1cccc(Cl)c1. The van der Waals surface area contributed by atoms with Crippen LogP contribution in [-0.4, -0.2) is 25.5 Å². The molecule has 2 aromatic heterocycles. The molecule has 2 heterocycles. The van der Waals surface area contributed by atoms with Gasteiger partial charge in [-0.15, -0.1) is 0 Å². The lowest BCUT2D eigenvalue weighted by atomic mass is 10.1. The number of fused-ring (bicyclic) bond motifs is 1. The first-order chi connectivity index (χ1) is 11.6. The number of carbonyl (C=O) groups excluding carboxylic acids is 1. The van der Waals surface area contributed by atoms with Gasteiger partial charge >= 0.3 is 0 Å². The van der Waals surface area contributed by atoms with Gasteiger partial charge in [0.25, 0.3) is 0 Å². The van der Waals surface area contributed by atoms with Crippen molar-refractivity contribution in [2.24, 2.45) is 0 Å². The maximum Gasteiger partial charge on any atom is 0.232 e. The van der Waals surface area contributed by atoms with E-state index in [-0.39, 0.29) is 11.6 Å². The predicted octanol–water partition coefficient (Wildman–Crippen LogP) is 4.30. The van der Waals surface area contributed by atoms with Crippen LogP contribution in [-0.2, 0) is 0 Å². The lowest BCUT2D eigenvalue weighted by molar-refractivity contribution is 0.102. The molecular formula is C17H11ClN4OS. The maximum absolute atomic E-state index is 13.0.